The second kappa shape index (κ2) is 7.55. The van der Waals surface area contributed by atoms with Crippen LogP contribution in [0.3, 0.4) is 0 Å². The first-order chi connectivity index (χ1) is 9.82. The molecule has 0 radical (unpaired) electrons. The van der Waals surface area contributed by atoms with E-state index in [9.17, 15) is 18.0 Å². The summed E-state index contributed by atoms with van der Waals surface area (Å²) in [7, 11) is -2.66. The highest BCUT2D eigenvalue weighted by Crippen LogP contribution is 2.07. The average Bonchev–Trinajstić information content (AvgIpc) is 2.43. The number of rotatable bonds is 7. The molecule has 1 rings (SSSR count). The van der Waals surface area contributed by atoms with Crippen LogP contribution in [-0.2, 0) is 30.9 Å². The Labute approximate surface area is 122 Å². The van der Waals surface area contributed by atoms with Crippen LogP contribution in [0.1, 0.15) is 11.1 Å². The molecular formula is C13H15NO6S. The number of benzene rings is 1. The number of carboxylic acid groups (broad SMARTS) is 1. The number of carboxylic acids is 1. The normalized spacial score (nSPS) is 11.5. The van der Waals surface area contributed by atoms with Gasteiger partial charge in [0.2, 0.25) is 10.0 Å². The number of sulfonamides is 1. The monoisotopic (exact) mass is 313 g/mol. The van der Waals surface area contributed by atoms with Gasteiger partial charge < -0.3 is 9.84 Å². The number of carbonyl (C=O) groups excluding carboxylic acids is 1. The Morgan fingerprint density at radius 3 is 2.71 bits per heavy atom. The zero-order valence-electron chi connectivity index (χ0n) is 11.3. The predicted octanol–water partition coefficient (Wildman–Crippen LogP) is 0.377. The van der Waals surface area contributed by atoms with Crippen LogP contribution in [0.2, 0.25) is 0 Å². The molecule has 0 fully saturated rings. The van der Waals surface area contributed by atoms with Crippen molar-refractivity contribution in [3.63, 3.8) is 0 Å². The van der Waals surface area contributed by atoms with Gasteiger partial charge in [-0.05, 0) is 17.2 Å². The van der Waals surface area contributed by atoms with E-state index in [-0.39, 0.29) is 6.54 Å². The fraction of sp³-hybridized carbons (Fsp3) is 0.231. The topological polar surface area (TPSA) is 110 Å². The number of carbonyl (C=O) groups is 2. The molecule has 0 aliphatic carbocycles. The molecule has 0 unspecified atom stereocenters. The van der Waals surface area contributed by atoms with E-state index in [1.165, 1.54) is 6.08 Å². The summed E-state index contributed by atoms with van der Waals surface area (Å²) in [5.74, 6) is -2.66. The van der Waals surface area contributed by atoms with Gasteiger partial charge in [0.05, 0.1) is 7.11 Å². The molecule has 0 aliphatic heterocycles. The molecule has 0 atom stereocenters. The molecule has 8 heteroatoms. The first kappa shape index (κ1) is 16.9. The van der Waals surface area contributed by atoms with E-state index in [1.54, 1.807) is 24.3 Å². The third-order valence-corrected chi connectivity index (χ3v) is 3.60. The van der Waals surface area contributed by atoms with Crippen LogP contribution in [0.5, 0.6) is 0 Å². The molecule has 7 nitrogen and oxygen atoms in total. The first-order valence-corrected chi connectivity index (χ1v) is 7.52. The van der Waals surface area contributed by atoms with Crippen molar-refractivity contribution in [2.45, 2.75) is 6.54 Å². The minimum atomic E-state index is -3.77. The summed E-state index contributed by atoms with van der Waals surface area (Å²) in [6.45, 7) is -0.00587. The third-order valence-electron chi connectivity index (χ3n) is 2.40. The van der Waals surface area contributed by atoms with E-state index in [0.29, 0.717) is 11.1 Å². The maximum atomic E-state index is 11.6. The van der Waals surface area contributed by atoms with E-state index in [1.807, 2.05) is 0 Å². The van der Waals surface area contributed by atoms with Gasteiger partial charge in [-0.2, -0.15) is 0 Å². The van der Waals surface area contributed by atoms with Crippen molar-refractivity contribution in [3.8, 4) is 0 Å². The molecule has 0 bridgehead atoms. The maximum Gasteiger partial charge on any atom is 0.328 e. The van der Waals surface area contributed by atoms with Gasteiger partial charge in [0.1, 0.15) is 0 Å². The van der Waals surface area contributed by atoms with Crippen LogP contribution in [-0.4, -0.2) is 38.3 Å². The van der Waals surface area contributed by atoms with Gasteiger partial charge in [0.15, 0.2) is 5.75 Å². The maximum absolute atomic E-state index is 11.6. The SMILES string of the molecule is COC(=O)CS(=O)(=O)NCc1cccc(C=CC(=O)O)c1. The molecule has 21 heavy (non-hydrogen) atoms. The van der Waals surface area contributed by atoms with Crippen molar-refractivity contribution < 1.29 is 27.9 Å². The summed E-state index contributed by atoms with van der Waals surface area (Å²) >= 11 is 0. The highest BCUT2D eigenvalue weighted by molar-refractivity contribution is 7.90. The summed E-state index contributed by atoms with van der Waals surface area (Å²) in [5, 5.41) is 8.54. The minimum Gasteiger partial charge on any atom is -0.478 e. The number of nitrogens with one attached hydrogen (secondary N) is 1. The summed E-state index contributed by atoms with van der Waals surface area (Å²) in [6, 6.07) is 6.68. The number of esters is 1. The van der Waals surface area contributed by atoms with Crippen molar-refractivity contribution in [1.29, 1.82) is 0 Å². The van der Waals surface area contributed by atoms with Crippen molar-refractivity contribution in [2.24, 2.45) is 0 Å². The number of ether oxygens (including phenoxy) is 1. The zero-order chi connectivity index (χ0) is 15.9. The average molecular weight is 313 g/mol. The van der Waals surface area contributed by atoms with E-state index in [4.69, 9.17) is 5.11 Å². The molecule has 0 spiro atoms. The van der Waals surface area contributed by atoms with Gasteiger partial charge in [-0.3, -0.25) is 4.79 Å². The molecule has 0 aromatic heterocycles. The van der Waals surface area contributed by atoms with Crippen LogP contribution in [0.25, 0.3) is 6.08 Å². The van der Waals surface area contributed by atoms with Crippen LogP contribution >= 0.6 is 0 Å². The standard InChI is InChI=1S/C13H15NO6S/c1-20-13(17)9-21(18,19)14-8-11-4-2-3-10(7-11)5-6-12(15)16/h2-7,14H,8-9H2,1H3,(H,15,16). The van der Waals surface area contributed by atoms with Gasteiger partial charge in [0.25, 0.3) is 0 Å². The molecule has 114 valence electrons. The Morgan fingerprint density at radius 2 is 2.10 bits per heavy atom. The second-order valence-corrected chi connectivity index (χ2v) is 5.88. The molecule has 0 saturated heterocycles. The smallest absolute Gasteiger partial charge is 0.328 e. The molecule has 0 amide bonds. The Hall–Kier alpha value is -2.19. The predicted molar refractivity (Wildman–Crippen MR) is 75.8 cm³/mol. The lowest BCUT2D eigenvalue weighted by Crippen LogP contribution is -2.30. The molecule has 0 heterocycles. The quantitative estimate of drug-likeness (QED) is 0.556. The highest BCUT2D eigenvalue weighted by Gasteiger charge is 2.16. The Morgan fingerprint density at radius 1 is 1.38 bits per heavy atom. The molecule has 0 aliphatic rings. The fourth-order valence-electron chi connectivity index (χ4n) is 1.43. The van der Waals surface area contributed by atoms with Gasteiger partial charge in [-0.1, -0.05) is 24.3 Å². The Balaban J connectivity index is 2.69. The van der Waals surface area contributed by atoms with Crippen molar-refractivity contribution in [1.82, 2.24) is 4.72 Å². The molecular weight excluding hydrogens is 298 g/mol. The van der Waals surface area contributed by atoms with E-state index >= 15 is 0 Å². The van der Waals surface area contributed by atoms with Gasteiger partial charge in [-0.15, -0.1) is 0 Å². The third kappa shape index (κ3) is 6.68. The number of hydrogen-bond donors (Lipinski definition) is 2. The first-order valence-electron chi connectivity index (χ1n) is 5.86. The fourth-order valence-corrected chi connectivity index (χ4v) is 2.35. The number of methoxy groups -OCH3 is 1. The van der Waals surface area contributed by atoms with Gasteiger partial charge >= 0.3 is 11.9 Å². The number of hydrogen-bond acceptors (Lipinski definition) is 5. The highest BCUT2D eigenvalue weighted by atomic mass is 32.2. The van der Waals surface area contributed by atoms with Crippen LogP contribution in [0.4, 0.5) is 0 Å². The van der Waals surface area contributed by atoms with Crippen LogP contribution in [0, 0.1) is 0 Å². The molecule has 2 N–H and O–H groups in total. The summed E-state index contributed by atoms with van der Waals surface area (Å²) in [5.41, 5.74) is 1.26. The zero-order valence-corrected chi connectivity index (χ0v) is 12.1. The Kier molecular flexibility index (Phi) is 6.07. The van der Waals surface area contributed by atoms with Crippen molar-refractivity contribution >= 4 is 28.0 Å². The lowest BCUT2D eigenvalue weighted by atomic mass is 10.1. The van der Waals surface area contributed by atoms with Crippen LogP contribution in [0.15, 0.2) is 30.3 Å². The van der Waals surface area contributed by atoms with E-state index in [0.717, 1.165) is 13.2 Å². The van der Waals surface area contributed by atoms with Gasteiger partial charge in [-0.25, -0.2) is 17.9 Å². The molecule has 1 aromatic rings. The lowest BCUT2D eigenvalue weighted by molar-refractivity contribution is -0.137. The molecule has 0 saturated carbocycles. The second-order valence-electron chi connectivity index (χ2n) is 4.07. The molecule has 1 aromatic carbocycles. The van der Waals surface area contributed by atoms with Crippen molar-refractivity contribution in [2.75, 3.05) is 12.9 Å². The van der Waals surface area contributed by atoms with E-state index in [2.05, 4.69) is 9.46 Å². The van der Waals surface area contributed by atoms with Gasteiger partial charge in [0, 0.05) is 12.6 Å². The van der Waals surface area contributed by atoms with Crippen molar-refractivity contribution in [3.05, 3.63) is 41.5 Å². The summed E-state index contributed by atoms with van der Waals surface area (Å²) in [6.07, 6.45) is 2.38. The minimum absolute atomic E-state index is 0.00587. The largest absolute Gasteiger partial charge is 0.478 e. The van der Waals surface area contributed by atoms with E-state index < -0.39 is 27.7 Å². The Bertz CT molecular complexity index is 650. The lowest BCUT2D eigenvalue weighted by Gasteiger charge is -2.06. The van der Waals surface area contributed by atoms with Crippen LogP contribution < -0.4 is 4.72 Å². The number of aliphatic carboxylic acids is 1. The summed E-state index contributed by atoms with van der Waals surface area (Å²) in [4.78, 5) is 21.4. The summed E-state index contributed by atoms with van der Waals surface area (Å²) < 4.78 is 29.7.